The van der Waals surface area contributed by atoms with Crippen molar-refractivity contribution in [2.24, 2.45) is 5.92 Å². The smallest absolute Gasteiger partial charge is 0.229 e. The van der Waals surface area contributed by atoms with E-state index in [1.165, 1.54) is 5.56 Å². The Morgan fingerprint density at radius 2 is 1.93 bits per heavy atom. The predicted molar refractivity (Wildman–Crippen MR) is 111 cm³/mol. The van der Waals surface area contributed by atoms with Gasteiger partial charge in [-0.15, -0.1) is 0 Å². The maximum absolute atomic E-state index is 12.6. The third-order valence-electron chi connectivity index (χ3n) is 5.45. The molecular formula is C22H26N4O3. The van der Waals surface area contributed by atoms with Crippen molar-refractivity contribution < 1.29 is 14.3 Å². The van der Waals surface area contributed by atoms with Crippen molar-refractivity contribution in [1.29, 1.82) is 0 Å². The fraction of sp³-hybridized carbons (Fsp3) is 0.409. The van der Waals surface area contributed by atoms with Crippen LogP contribution in [0, 0.1) is 5.92 Å². The molecular weight excluding hydrogens is 368 g/mol. The van der Waals surface area contributed by atoms with Crippen molar-refractivity contribution >= 4 is 23.3 Å². The number of pyridine rings is 1. The van der Waals surface area contributed by atoms with Crippen LogP contribution in [0.15, 0.2) is 48.7 Å². The Morgan fingerprint density at radius 1 is 1.14 bits per heavy atom. The van der Waals surface area contributed by atoms with Gasteiger partial charge in [0.25, 0.3) is 0 Å². The first-order valence-electron chi connectivity index (χ1n) is 10.1. The third kappa shape index (κ3) is 4.92. The Morgan fingerprint density at radius 3 is 2.66 bits per heavy atom. The van der Waals surface area contributed by atoms with Crippen LogP contribution >= 0.6 is 0 Å². The number of ether oxygens (including phenoxy) is 1. The summed E-state index contributed by atoms with van der Waals surface area (Å²) in [4.78, 5) is 33.3. The molecule has 0 aliphatic carbocycles. The highest BCUT2D eigenvalue weighted by molar-refractivity contribution is 5.97. The zero-order valence-corrected chi connectivity index (χ0v) is 16.4. The molecule has 0 unspecified atom stereocenters. The number of aromatic nitrogens is 1. The second-order valence-electron chi connectivity index (χ2n) is 7.47. The highest BCUT2D eigenvalue weighted by atomic mass is 16.5. The van der Waals surface area contributed by atoms with Gasteiger partial charge in [0.2, 0.25) is 11.8 Å². The number of hydrogen-bond acceptors (Lipinski definition) is 5. The Kier molecular flexibility index (Phi) is 6.05. The highest BCUT2D eigenvalue weighted by Gasteiger charge is 2.34. The summed E-state index contributed by atoms with van der Waals surface area (Å²) >= 11 is 0. The van der Waals surface area contributed by atoms with Crippen molar-refractivity contribution in [1.82, 2.24) is 9.88 Å². The SMILES string of the molecule is O=C(Nc1ccc(N2CCOCC2)nc1)[C@@H]1CC(=O)N(CCc2ccccc2)C1. The molecule has 1 N–H and O–H groups in total. The second-order valence-corrected chi connectivity index (χ2v) is 7.47. The standard InChI is InChI=1S/C22H26N4O3/c27-21-14-18(16-26(21)9-8-17-4-2-1-3-5-17)22(28)24-19-6-7-20(23-15-19)25-10-12-29-13-11-25/h1-7,15,18H,8-14,16H2,(H,24,28)/t18-/m1/s1. The number of nitrogens with one attached hydrogen (secondary N) is 1. The van der Waals surface area contributed by atoms with Crippen LogP contribution in [0.1, 0.15) is 12.0 Å². The first kappa shape index (κ1) is 19.4. The Balaban J connectivity index is 1.29. The van der Waals surface area contributed by atoms with Gasteiger partial charge in [-0.3, -0.25) is 9.59 Å². The van der Waals surface area contributed by atoms with E-state index < -0.39 is 0 Å². The summed E-state index contributed by atoms with van der Waals surface area (Å²) in [5.74, 6) is 0.481. The van der Waals surface area contributed by atoms with E-state index in [0.29, 0.717) is 32.0 Å². The minimum absolute atomic E-state index is 0.0434. The van der Waals surface area contributed by atoms with Gasteiger partial charge in [-0.05, 0) is 24.1 Å². The molecule has 2 aromatic rings. The summed E-state index contributed by atoms with van der Waals surface area (Å²) in [5.41, 5.74) is 1.85. The number of rotatable bonds is 6. The molecule has 2 amide bonds. The molecule has 1 aromatic heterocycles. The number of benzene rings is 1. The highest BCUT2D eigenvalue weighted by Crippen LogP contribution is 2.21. The minimum atomic E-state index is -0.322. The maximum Gasteiger partial charge on any atom is 0.229 e. The van der Waals surface area contributed by atoms with E-state index in [-0.39, 0.29) is 24.2 Å². The molecule has 0 saturated carbocycles. The number of carbonyl (C=O) groups excluding carboxylic acids is 2. The van der Waals surface area contributed by atoms with Gasteiger partial charge in [0.05, 0.1) is 31.0 Å². The van der Waals surface area contributed by atoms with E-state index in [4.69, 9.17) is 4.74 Å². The van der Waals surface area contributed by atoms with Gasteiger partial charge in [-0.25, -0.2) is 4.98 Å². The quantitative estimate of drug-likeness (QED) is 0.811. The molecule has 7 nitrogen and oxygen atoms in total. The average molecular weight is 394 g/mol. The zero-order chi connectivity index (χ0) is 20.1. The Hall–Kier alpha value is -2.93. The summed E-state index contributed by atoms with van der Waals surface area (Å²) in [7, 11) is 0. The van der Waals surface area contributed by atoms with Crippen molar-refractivity contribution in [3.05, 3.63) is 54.2 Å². The van der Waals surface area contributed by atoms with Crippen molar-refractivity contribution in [2.75, 3.05) is 49.6 Å². The molecule has 29 heavy (non-hydrogen) atoms. The molecule has 4 rings (SSSR count). The van der Waals surface area contributed by atoms with Crippen LogP contribution in [0.4, 0.5) is 11.5 Å². The third-order valence-corrected chi connectivity index (χ3v) is 5.45. The lowest BCUT2D eigenvalue weighted by Crippen LogP contribution is -2.36. The van der Waals surface area contributed by atoms with Crippen molar-refractivity contribution in [3.63, 3.8) is 0 Å². The van der Waals surface area contributed by atoms with Gasteiger partial charge in [0.1, 0.15) is 5.82 Å². The largest absolute Gasteiger partial charge is 0.378 e. The summed E-state index contributed by atoms with van der Waals surface area (Å²) in [6.07, 6.45) is 2.74. The summed E-state index contributed by atoms with van der Waals surface area (Å²) in [6, 6.07) is 13.8. The van der Waals surface area contributed by atoms with Crippen LogP contribution in [0.25, 0.3) is 0 Å². The predicted octanol–water partition coefficient (Wildman–Crippen LogP) is 1.95. The molecule has 1 aromatic carbocycles. The Bertz CT molecular complexity index is 835. The summed E-state index contributed by atoms with van der Waals surface area (Å²) < 4.78 is 5.36. The summed E-state index contributed by atoms with van der Waals surface area (Å²) in [6.45, 7) is 4.16. The summed E-state index contributed by atoms with van der Waals surface area (Å²) in [5, 5.41) is 2.91. The fourth-order valence-corrected chi connectivity index (χ4v) is 3.76. The molecule has 152 valence electrons. The molecule has 2 saturated heterocycles. The van der Waals surface area contributed by atoms with Gasteiger partial charge in [-0.1, -0.05) is 30.3 Å². The van der Waals surface area contributed by atoms with Gasteiger partial charge >= 0.3 is 0 Å². The average Bonchev–Trinajstić information content (AvgIpc) is 3.15. The molecule has 2 aliphatic heterocycles. The van der Waals surface area contributed by atoms with E-state index in [0.717, 1.165) is 25.3 Å². The minimum Gasteiger partial charge on any atom is -0.378 e. The fourth-order valence-electron chi connectivity index (χ4n) is 3.76. The van der Waals surface area contributed by atoms with E-state index in [2.05, 4.69) is 27.3 Å². The van der Waals surface area contributed by atoms with E-state index in [1.807, 2.05) is 30.3 Å². The van der Waals surface area contributed by atoms with Gasteiger partial charge < -0.3 is 19.9 Å². The van der Waals surface area contributed by atoms with Crippen LogP contribution in [0.3, 0.4) is 0 Å². The maximum atomic E-state index is 12.6. The van der Waals surface area contributed by atoms with E-state index in [1.54, 1.807) is 11.1 Å². The Labute approximate surface area is 170 Å². The molecule has 7 heteroatoms. The molecule has 0 radical (unpaired) electrons. The molecule has 2 aliphatic rings. The number of nitrogens with zero attached hydrogens (tertiary/aromatic N) is 3. The number of carbonyl (C=O) groups is 2. The molecule has 0 spiro atoms. The van der Waals surface area contributed by atoms with Gasteiger partial charge in [0.15, 0.2) is 0 Å². The van der Waals surface area contributed by atoms with Crippen LogP contribution < -0.4 is 10.2 Å². The monoisotopic (exact) mass is 394 g/mol. The lowest BCUT2D eigenvalue weighted by atomic mass is 10.1. The second kappa shape index (κ2) is 9.05. The first-order chi connectivity index (χ1) is 14.2. The van der Waals surface area contributed by atoms with Crippen LogP contribution in [0.5, 0.6) is 0 Å². The zero-order valence-electron chi connectivity index (χ0n) is 16.4. The topological polar surface area (TPSA) is 74.8 Å². The van der Waals surface area contributed by atoms with E-state index in [9.17, 15) is 9.59 Å². The van der Waals surface area contributed by atoms with Crippen molar-refractivity contribution in [2.45, 2.75) is 12.8 Å². The number of anilines is 2. The van der Waals surface area contributed by atoms with E-state index >= 15 is 0 Å². The number of hydrogen-bond donors (Lipinski definition) is 1. The molecule has 2 fully saturated rings. The first-order valence-corrected chi connectivity index (χ1v) is 10.1. The number of morpholine rings is 1. The van der Waals surface area contributed by atoms with Crippen molar-refractivity contribution in [3.8, 4) is 0 Å². The van der Waals surface area contributed by atoms with Gasteiger partial charge in [-0.2, -0.15) is 0 Å². The van der Waals surface area contributed by atoms with Crippen LogP contribution in [0.2, 0.25) is 0 Å². The molecule has 3 heterocycles. The van der Waals surface area contributed by atoms with Crippen LogP contribution in [-0.4, -0.2) is 61.1 Å². The number of likely N-dealkylation sites (tertiary alicyclic amines) is 1. The molecule has 1 atom stereocenters. The van der Waals surface area contributed by atoms with Crippen LogP contribution in [-0.2, 0) is 20.7 Å². The normalized spacial score (nSPS) is 19.4. The number of amides is 2. The van der Waals surface area contributed by atoms with Gasteiger partial charge in [0, 0.05) is 32.6 Å². The lowest BCUT2D eigenvalue weighted by Gasteiger charge is -2.27. The lowest BCUT2D eigenvalue weighted by molar-refractivity contribution is -0.128. The molecule has 0 bridgehead atoms.